The number of carboxylic acids is 1. The summed E-state index contributed by atoms with van der Waals surface area (Å²) in [6.45, 7) is 6.76. The summed E-state index contributed by atoms with van der Waals surface area (Å²) < 4.78 is 14.6. The van der Waals surface area contributed by atoms with Crippen molar-refractivity contribution in [2.45, 2.75) is 39.3 Å². The van der Waals surface area contributed by atoms with Crippen LogP contribution in [0, 0.1) is 5.82 Å². The van der Waals surface area contributed by atoms with Crippen molar-refractivity contribution >= 4 is 21.9 Å². The molecule has 5 heteroatoms. The monoisotopic (exact) mass is 331 g/mol. The highest BCUT2D eigenvalue weighted by atomic mass is 79.9. The molecule has 0 atom stereocenters. The predicted octanol–water partition coefficient (Wildman–Crippen LogP) is 3.66. The fourth-order valence-electron chi connectivity index (χ4n) is 1.75. The maximum atomic E-state index is 13.8. The molecule has 0 bridgehead atoms. The largest absolute Gasteiger partial charge is 0.481 e. The van der Waals surface area contributed by atoms with Crippen LogP contribution in [0.25, 0.3) is 0 Å². The van der Waals surface area contributed by atoms with Crippen LogP contribution in [0.3, 0.4) is 0 Å². The zero-order valence-electron chi connectivity index (χ0n) is 11.4. The lowest BCUT2D eigenvalue weighted by Crippen LogP contribution is -2.42. The van der Waals surface area contributed by atoms with E-state index < -0.39 is 5.97 Å². The van der Waals surface area contributed by atoms with Crippen LogP contribution in [-0.4, -0.2) is 28.1 Å². The molecule has 0 saturated heterocycles. The Morgan fingerprint density at radius 1 is 1.42 bits per heavy atom. The van der Waals surface area contributed by atoms with Gasteiger partial charge in [-0.15, -0.1) is 0 Å². The molecule has 0 aliphatic carbocycles. The highest BCUT2D eigenvalue weighted by Crippen LogP contribution is 2.22. The molecular weight excluding hydrogens is 313 g/mol. The molecule has 19 heavy (non-hydrogen) atoms. The molecule has 0 fully saturated rings. The fraction of sp³-hybridized carbons (Fsp3) is 0.500. The molecule has 0 radical (unpaired) electrons. The van der Waals surface area contributed by atoms with Crippen molar-refractivity contribution in [3.8, 4) is 0 Å². The smallest absolute Gasteiger partial charge is 0.304 e. The molecule has 0 aromatic heterocycles. The maximum absolute atomic E-state index is 13.8. The van der Waals surface area contributed by atoms with E-state index in [4.69, 9.17) is 5.11 Å². The molecule has 0 unspecified atom stereocenters. The summed E-state index contributed by atoms with van der Waals surface area (Å²) in [6.07, 6.45) is 0.0485. The first-order valence-electron chi connectivity index (χ1n) is 6.11. The van der Waals surface area contributed by atoms with Crippen LogP contribution >= 0.6 is 15.9 Å². The van der Waals surface area contributed by atoms with Crippen molar-refractivity contribution in [2.75, 3.05) is 6.54 Å². The van der Waals surface area contributed by atoms with Gasteiger partial charge >= 0.3 is 5.97 Å². The summed E-state index contributed by atoms with van der Waals surface area (Å²) in [5.41, 5.74) is 0.346. The quantitative estimate of drug-likeness (QED) is 0.894. The second kappa shape index (κ2) is 6.48. The summed E-state index contributed by atoms with van der Waals surface area (Å²) in [4.78, 5) is 12.7. The predicted molar refractivity (Wildman–Crippen MR) is 76.5 cm³/mol. The number of carbonyl (C=O) groups is 1. The minimum atomic E-state index is -0.844. The third-order valence-electron chi connectivity index (χ3n) is 2.91. The molecule has 0 aliphatic heterocycles. The first kappa shape index (κ1) is 16.1. The Kier molecular flexibility index (Phi) is 5.50. The zero-order chi connectivity index (χ0) is 14.6. The second-order valence-corrected chi connectivity index (χ2v) is 6.39. The van der Waals surface area contributed by atoms with E-state index in [-0.39, 0.29) is 17.8 Å². The number of rotatable bonds is 5. The summed E-state index contributed by atoms with van der Waals surface area (Å²) in [5, 5.41) is 8.78. The number of halogens is 2. The van der Waals surface area contributed by atoms with Crippen LogP contribution in [0.5, 0.6) is 0 Å². The van der Waals surface area contributed by atoms with E-state index in [0.29, 0.717) is 18.7 Å². The van der Waals surface area contributed by atoms with Crippen LogP contribution in [0.1, 0.15) is 32.8 Å². The minimum Gasteiger partial charge on any atom is -0.481 e. The fourth-order valence-corrected chi connectivity index (χ4v) is 2.16. The summed E-state index contributed by atoms with van der Waals surface area (Å²) in [5.74, 6) is -1.11. The number of nitrogens with zero attached hydrogens (tertiary/aromatic N) is 1. The first-order valence-corrected chi connectivity index (χ1v) is 6.90. The third-order valence-corrected chi connectivity index (χ3v) is 3.41. The highest BCUT2D eigenvalue weighted by molar-refractivity contribution is 9.10. The SMILES string of the molecule is CC(C)(C)N(CCC(=O)O)Cc1cc(Br)ccc1F. The van der Waals surface area contributed by atoms with Gasteiger partial charge in [-0.2, -0.15) is 0 Å². The van der Waals surface area contributed by atoms with Gasteiger partial charge in [0.2, 0.25) is 0 Å². The second-order valence-electron chi connectivity index (χ2n) is 5.47. The van der Waals surface area contributed by atoms with E-state index >= 15 is 0 Å². The van der Waals surface area contributed by atoms with Gasteiger partial charge in [0.05, 0.1) is 6.42 Å². The number of benzene rings is 1. The van der Waals surface area contributed by atoms with E-state index in [1.807, 2.05) is 25.7 Å². The van der Waals surface area contributed by atoms with E-state index in [1.54, 1.807) is 12.1 Å². The van der Waals surface area contributed by atoms with Gasteiger partial charge in [-0.05, 0) is 39.0 Å². The standard InChI is InChI=1S/C14H19BrFNO2/c1-14(2,3)17(7-6-13(18)19)9-10-8-11(15)4-5-12(10)16/h4-5,8H,6-7,9H2,1-3H3,(H,18,19). The summed E-state index contributed by atoms with van der Waals surface area (Å²) in [6, 6.07) is 4.80. The Bertz CT molecular complexity index is 457. The van der Waals surface area contributed by atoms with Crippen LogP contribution in [-0.2, 0) is 11.3 Å². The average Bonchev–Trinajstić information content (AvgIpc) is 2.26. The van der Waals surface area contributed by atoms with Crippen molar-refractivity contribution < 1.29 is 14.3 Å². The molecule has 106 valence electrons. The molecule has 0 aliphatic rings. The van der Waals surface area contributed by atoms with Gasteiger partial charge in [0, 0.05) is 28.7 Å². The molecule has 1 N–H and O–H groups in total. The van der Waals surface area contributed by atoms with Crippen LogP contribution in [0.15, 0.2) is 22.7 Å². The Hall–Kier alpha value is -0.940. The molecular formula is C14H19BrFNO2. The van der Waals surface area contributed by atoms with Gasteiger partial charge in [0.25, 0.3) is 0 Å². The Morgan fingerprint density at radius 3 is 2.58 bits per heavy atom. The number of hydrogen-bond donors (Lipinski definition) is 1. The minimum absolute atomic E-state index is 0.0485. The van der Waals surface area contributed by atoms with E-state index in [9.17, 15) is 9.18 Å². The molecule has 1 aromatic rings. The van der Waals surface area contributed by atoms with Crippen LogP contribution < -0.4 is 0 Å². The Labute approximate surface area is 121 Å². The molecule has 0 amide bonds. The number of carboxylic acid groups (broad SMARTS) is 1. The van der Waals surface area contributed by atoms with Gasteiger partial charge in [0.1, 0.15) is 5.82 Å². The van der Waals surface area contributed by atoms with Gasteiger partial charge in [-0.3, -0.25) is 9.69 Å². The Balaban J connectivity index is 2.88. The van der Waals surface area contributed by atoms with Gasteiger partial charge in [-0.1, -0.05) is 15.9 Å². The average molecular weight is 332 g/mol. The van der Waals surface area contributed by atoms with Crippen molar-refractivity contribution in [3.05, 3.63) is 34.1 Å². The van der Waals surface area contributed by atoms with Gasteiger partial charge in [0.15, 0.2) is 0 Å². The lowest BCUT2D eigenvalue weighted by atomic mass is 10.0. The topological polar surface area (TPSA) is 40.5 Å². The molecule has 3 nitrogen and oxygen atoms in total. The molecule has 0 heterocycles. The lowest BCUT2D eigenvalue weighted by molar-refractivity contribution is -0.137. The molecule has 0 spiro atoms. The number of aliphatic carboxylic acids is 1. The normalized spacial score (nSPS) is 11.9. The van der Waals surface area contributed by atoms with Crippen molar-refractivity contribution in [2.24, 2.45) is 0 Å². The van der Waals surface area contributed by atoms with Gasteiger partial charge < -0.3 is 5.11 Å². The van der Waals surface area contributed by atoms with Crippen molar-refractivity contribution in [1.29, 1.82) is 0 Å². The third kappa shape index (κ3) is 5.28. The molecule has 1 aromatic carbocycles. The van der Waals surface area contributed by atoms with Crippen LogP contribution in [0.2, 0.25) is 0 Å². The van der Waals surface area contributed by atoms with Gasteiger partial charge in [-0.25, -0.2) is 4.39 Å². The summed E-state index contributed by atoms with van der Waals surface area (Å²) >= 11 is 3.32. The van der Waals surface area contributed by atoms with E-state index in [1.165, 1.54) is 6.07 Å². The van der Waals surface area contributed by atoms with Crippen molar-refractivity contribution in [1.82, 2.24) is 4.90 Å². The van der Waals surface area contributed by atoms with E-state index in [0.717, 1.165) is 4.47 Å². The highest BCUT2D eigenvalue weighted by Gasteiger charge is 2.23. The maximum Gasteiger partial charge on any atom is 0.304 e. The first-order chi connectivity index (χ1) is 8.70. The lowest BCUT2D eigenvalue weighted by Gasteiger charge is -2.35. The van der Waals surface area contributed by atoms with E-state index in [2.05, 4.69) is 15.9 Å². The number of hydrogen-bond acceptors (Lipinski definition) is 2. The van der Waals surface area contributed by atoms with Crippen LogP contribution in [0.4, 0.5) is 4.39 Å². The summed E-state index contributed by atoms with van der Waals surface area (Å²) in [7, 11) is 0. The molecule has 0 saturated carbocycles. The zero-order valence-corrected chi connectivity index (χ0v) is 13.0. The molecule has 1 rings (SSSR count). The Morgan fingerprint density at radius 2 is 2.05 bits per heavy atom. The van der Waals surface area contributed by atoms with Crippen molar-refractivity contribution in [3.63, 3.8) is 0 Å².